The minimum absolute atomic E-state index is 0.0189. The van der Waals surface area contributed by atoms with Crippen molar-refractivity contribution in [3.05, 3.63) is 63.8 Å². The molecule has 0 atom stereocenters. The lowest BCUT2D eigenvalue weighted by molar-refractivity contribution is -0.384. The van der Waals surface area contributed by atoms with Crippen LogP contribution < -0.4 is 4.74 Å². The number of aromatic nitrogens is 1. The highest BCUT2D eigenvalue weighted by Gasteiger charge is 2.06. The molecule has 0 aliphatic rings. The molecule has 0 radical (unpaired) electrons. The van der Waals surface area contributed by atoms with Crippen LogP contribution in [0, 0.1) is 10.1 Å². The van der Waals surface area contributed by atoms with Gasteiger partial charge >= 0.3 is 0 Å². The monoisotopic (exact) mass is 258 g/mol. The van der Waals surface area contributed by atoms with Crippen molar-refractivity contribution in [1.29, 1.82) is 0 Å². The van der Waals surface area contributed by atoms with E-state index in [0.717, 1.165) is 0 Å². The maximum absolute atomic E-state index is 10.6. The van der Waals surface area contributed by atoms with Gasteiger partial charge in [-0.3, -0.25) is 14.9 Å². The van der Waals surface area contributed by atoms with Crippen LogP contribution in [0.2, 0.25) is 0 Å². The van der Waals surface area contributed by atoms with Gasteiger partial charge in [0, 0.05) is 30.0 Å². The Morgan fingerprint density at radius 1 is 1.32 bits per heavy atom. The predicted octanol–water partition coefficient (Wildman–Crippen LogP) is 2.38. The highest BCUT2D eigenvalue weighted by Crippen LogP contribution is 2.15. The lowest BCUT2D eigenvalue weighted by atomic mass is 10.2. The number of rotatable bonds is 5. The third-order valence-electron chi connectivity index (χ3n) is 2.40. The van der Waals surface area contributed by atoms with Gasteiger partial charge in [0.25, 0.3) is 5.69 Å². The predicted molar refractivity (Wildman–Crippen MR) is 67.1 cm³/mol. The van der Waals surface area contributed by atoms with E-state index in [9.17, 15) is 14.9 Å². The molecule has 0 bridgehead atoms. The van der Waals surface area contributed by atoms with E-state index in [1.54, 1.807) is 24.3 Å². The van der Waals surface area contributed by atoms with Crippen LogP contribution in [-0.4, -0.2) is 16.2 Å². The first kappa shape index (κ1) is 12.7. The lowest BCUT2D eigenvalue weighted by Crippen LogP contribution is -1.98. The smallest absolute Gasteiger partial charge is 0.269 e. The van der Waals surface area contributed by atoms with Crippen molar-refractivity contribution in [2.75, 3.05) is 0 Å². The Morgan fingerprint density at radius 3 is 2.79 bits per heavy atom. The number of benzene rings is 1. The fraction of sp³-hybridized carbons (Fsp3) is 0.0769. The molecule has 2 rings (SSSR count). The number of hydrogen-bond donors (Lipinski definition) is 0. The second-order valence-corrected chi connectivity index (χ2v) is 3.76. The molecule has 0 amide bonds. The average Bonchev–Trinajstić information content (AvgIpc) is 2.46. The molecule has 0 aliphatic carbocycles. The van der Waals surface area contributed by atoms with Gasteiger partial charge in [0.15, 0.2) is 6.29 Å². The highest BCUT2D eigenvalue weighted by molar-refractivity contribution is 5.73. The summed E-state index contributed by atoms with van der Waals surface area (Å²) in [6, 6.07) is 9.34. The number of carbonyl (C=O) groups excluding carboxylic acids is 1. The van der Waals surface area contributed by atoms with Crippen LogP contribution in [0.25, 0.3) is 0 Å². The Labute approximate surface area is 108 Å². The molecule has 0 saturated heterocycles. The van der Waals surface area contributed by atoms with Gasteiger partial charge in [-0.05, 0) is 11.6 Å². The number of nitrogens with zero attached hydrogens (tertiary/aromatic N) is 2. The van der Waals surface area contributed by atoms with Gasteiger partial charge < -0.3 is 4.74 Å². The molecule has 6 nitrogen and oxygen atoms in total. The van der Waals surface area contributed by atoms with Crippen LogP contribution in [-0.2, 0) is 6.61 Å². The number of ether oxygens (including phenoxy) is 1. The zero-order chi connectivity index (χ0) is 13.7. The van der Waals surface area contributed by atoms with E-state index >= 15 is 0 Å². The van der Waals surface area contributed by atoms with Gasteiger partial charge in [0.2, 0.25) is 5.88 Å². The Kier molecular flexibility index (Phi) is 3.82. The summed E-state index contributed by atoms with van der Waals surface area (Å²) in [6.45, 7) is 0.176. The summed E-state index contributed by atoms with van der Waals surface area (Å²) >= 11 is 0. The van der Waals surface area contributed by atoms with Gasteiger partial charge in [0.05, 0.1) is 4.92 Å². The molecule has 0 N–H and O–H groups in total. The Hall–Kier alpha value is -2.76. The second-order valence-electron chi connectivity index (χ2n) is 3.76. The van der Waals surface area contributed by atoms with Crippen molar-refractivity contribution in [2.45, 2.75) is 6.61 Å². The summed E-state index contributed by atoms with van der Waals surface area (Å²) in [5.41, 5.74) is 1.16. The van der Waals surface area contributed by atoms with Crippen LogP contribution >= 0.6 is 0 Å². The number of carbonyl (C=O) groups is 1. The van der Waals surface area contributed by atoms with Crippen LogP contribution in [0.15, 0.2) is 42.6 Å². The molecule has 19 heavy (non-hydrogen) atoms. The van der Waals surface area contributed by atoms with Gasteiger partial charge in [-0.25, -0.2) is 4.98 Å². The molecular weight excluding hydrogens is 248 g/mol. The quantitative estimate of drug-likeness (QED) is 0.467. The second kappa shape index (κ2) is 5.72. The lowest BCUT2D eigenvalue weighted by Gasteiger charge is -2.05. The van der Waals surface area contributed by atoms with Gasteiger partial charge in [-0.1, -0.05) is 12.1 Å². The van der Waals surface area contributed by atoms with E-state index < -0.39 is 4.92 Å². The molecule has 0 spiro atoms. The van der Waals surface area contributed by atoms with E-state index in [1.165, 1.54) is 18.3 Å². The molecule has 0 unspecified atom stereocenters. The fourth-order valence-electron chi connectivity index (χ4n) is 1.46. The highest BCUT2D eigenvalue weighted by atomic mass is 16.6. The largest absolute Gasteiger partial charge is 0.473 e. The third kappa shape index (κ3) is 3.35. The van der Waals surface area contributed by atoms with Crippen molar-refractivity contribution in [1.82, 2.24) is 4.98 Å². The van der Waals surface area contributed by atoms with Crippen molar-refractivity contribution >= 4 is 12.0 Å². The maximum Gasteiger partial charge on any atom is 0.269 e. The Morgan fingerprint density at radius 2 is 2.16 bits per heavy atom. The number of pyridine rings is 1. The standard InChI is InChI=1S/C13H10N2O4/c16-8-11-4-5-13(14-7-11)19-9-10-2-1-3-12(6-10)15(17)18/h1-8H,9H2. The summed E-state index contributed by atoms with van der Waals surface area (Å²) < 4.78 is 5.38. The van der Waals surface area contributed by atoms with Crippen LogP contribution in [0.3, 0.4) is 0 Å². The molecule has 1 heterocycles. The minimum Gasteiger partial charge on any atom is -0.473 e. The summed E-state index contributed by atoms with van der Waals surface area (Å²) in [5.74, 6) is 0.358. The molecule has 2 aromatic rings. The molecule has 1 aromatic carbocycles. The summed E-state index contributed by atoms with van der Waals surface area (Å²) in [4.78, 5) is 24.5. The summed E-state index contributed by atoms with van der Waals surface area (Å²) in [6.07, 6.45) is 2.09. The zero-order valence-electron chi connectivity index (χ0n) is 9.85. The van der Waals surface area contributed by atoms with E-state index in [1.807, 2.05) is 0 Å². The third-order valence-corrected chi connectivity index (χ3v) is 2.40. The SMILES string of the molecule is O=Cc1ccc(OCc2cccc([N+](=O)[O-])c2)nc1. The zero-order valence-corrected chi connectivity index (χ0v) is 9.85. The Balaban J connectivity index is 2.03. The Bertz CT molecular complexity index is 596. The first-order chi connectivity index (χ1) is 9.19. The topological polar surface area (TPSA) is 82.3 Å². The van der Waals surface area contributed by atoms with E-state index in [0.29, 0.717) is 23.3 Å². The van der Waals surface area contributed by atoms with Crippen molar-refractivity contribution < 1.29 is 14.5 Å². The molecule has 96 valence electrons. The van der Waals surface area contributed by atoms with Crippen molar-refractivity contribution in [3.63, 3.8) is 0 Å². The van der Waals surface area contributed by atoms with E-state index in [4.69, 9.17) is 4.74 Å². The number of aldehydes is 1. The summed E-state index contributed by atoms with van der Waals surface area (Å²) in [5, 5.41) is 10.6. The van der Waals surface area contributed by atoms with Gasteiger partial charge in [0.1, 0.15) is 6.61 Å². The molecule has 0 fully saturated rings. The van der Waals surface area contributed by atoms with E-state index in [2.05, 4.69) is 4.98 Å². The van der Waals surface area contributed by atoms with Crippen molar-refractivity contribution in [2.24, 2.45) is 0 Å². The first-order valence-electron chi connectivity index (χ1n) is 5.46. The molecular formula is C13H10N2O4. The van der Waals surface area contributed by atoms with Crippen molar-refractivity contribution in [3.8, 4) is 5.88 Å². The number of nitro groups is 1. The molecule has 0 saturated carbocycles. The van der Waals surface area contributed by atoms with E-state index in [-0.39, 0.29) is 12.3 Å². The van der Waals surface area contributed by atoms with Crippen LogP contribution in [0.4, 0.5) is 5.69 Å². The van der Waals surface area contributed by atoms with Gasteiger partial charge in [-0.2, -0.15) is 0 Å². The first-order valence-corrected chi connectivity index (χ1v) is 5.46. The average molecular weight is 258 g/mol. The minimum atomic E-state index is -0.458. The number of hydrogen-bond acceptors (Lipinski definition) is 5. The molecule has 6 heteroatoms. The number of non-ortho nitro benzene ring substituents is 1. The molecule has 0 aliphatic heterocycles. The summed E-state index contributed by atoms with van der Waals surface area (Å²) in [7, 11) is 0. The van der Waals surface area contributed by atoms with Crippen LogP contribution in [0.5, 0.6) is 5.88 Å². The van der Waals surface area contributed by atoms with Crippen LogP contribution in [0.1, 0.15) is 15.9 Å². The molecule has 1 aromatic heterocycles. The van der Waals surface area contributed by atoms with Gasteiger partial charge in [-0.15, -0.1) is 0 Å². The fourth-order valence-corrected chi connectivity index (χ4v) is 1.46. The normalized spacial score (nSPS) is 9.89. The number of nitro benzene ring substituents is 1. The maximum atomic E-state index is 10.6.